The fourth-order valence-electron chi connectivity index (χ4n) is 2.59. The predicted octanol–water partition coefficient (Wildman–Crippen LogP) is 4.09. The number of methoxy groups -OCH3 is 2. The molecule has 0 aliphatic heterocycles. The molecule has 1 atom stereocenters. The van der Waals surface area contributed by atoms with Crippen molar-refractivity contribution in [2.24, 2.45) is 5.92 Å². The lowest BCUT2D eigenvalue weighted by molar-refractivity contribution is -0.117. The number of ether oxygens (including phenoxy) is 2. The number of nitrogens with one attached hydrogen (secondary N) is 2. The molecule has 1 aliphatic rings. The van der Waals surface area contributed by atoms with E-state index in [-0.39, 0.29) is 11.8 Å². The summed E-state index contributed by atoms with van der Waals surface area (Å²) < 4.78 is 9.66. The number of anilines is 2. The van der Waals surface area contributed by atoms with Crippen LogP contribution in [0.2, 0.25) is 0 Å². The maximum atomic E-state index is 12.4. The van der Waals surface area contributed by atoms with Crippen molar-refractivity contribution in [1.29, 1.82) is 0 Å². The summed E-state index contributed by atoms with van der Waals surface area (Å²) >= 11 is 11.9. The van der Waals surface area contributed by atoms with Gasteiger partial charge in [0.05, 0.1) is 31.5 Å². The van der Waals surface area contributed by atoms with Gasteiger partial charge in [-0.25, -0.2) is 0 Å². The molecule has 0 saturated heterocycles. The number of amides is 2. The van der Waals surface area contributed by atoms with Gasteiger partial charge in [-0.1, -0.05) is 18.2 Å². The Bertz CT molecular complexity index is 872. The van der Waals surface area contributed by atoms with Gasteiger partial charge in [0.2, 0.25) is 5.91 Å². The highest BCUT2D eigenvalue weighted by Gasteiger charge is 2.56. The van der Waals surface area contributed by atoms with Gasteiger partial charge in [-0.05, 0) is 18.6 Å². The van der Waals surface area contributed by atoms with Crippen LogP contribution in [-0.4, -0.2) is 30.4 Å². The first-order valence-electron chi connectivity index (χ1n) is 8.17. The van der Waals surface area contributed by atoms with Crippen LogP contribution >= 0.6 is 23.2 Å². The Labute approximate surface area is 166 Å². The van der Waals surface area contributed by atoms with Gasteiger partial charge in [0, 0.05) is 17.7 Å². The zero-order chi connectivity index (χ0) is 19.6. The van der Waals surface area contributed by atoms with Crippen LogP contribution in [0.4, 0.5) is 11.4 Å². The average Bonchev–Trinajstić information content (AvgIpc) is 3.31. The van der Waals surface area contributed by atoms with E-state index in [0.717, 1.165) is 0 Å². The molecule has 2 aromatic rings. The number of halogens is 2. The Morgan fingerprint density at radius 2 is 1.52 bits per heavy atom. The minimum atomic E-state index is -1.02. The van der Waals surface area contributed by atoms with Crippen LogP contribution in [0.3, 0.4) is 0 Å². The molecule has 27 heavy (non-hydrogen) atoms. The molecule has 3 rings (SSSR count). The van der Waals surface area contributed by atoms with Crippen LogP contribution in [0.15, 0.2) is 42.5 Å². The summed E-state index contributed by atoms with van der Waals surface area (Å²) in [5.41, 5.74) is 1.31. The summed E-state index contributed by atoms with van der Waals surface area (Å²) in [5.74, 6) is -0.340. The van der Waals surface area contributed by atoms with Crippen molar-refractivity contribution in [1.82, 2.24) is 0 Å². The smallest absolute Gasteiger partial charge is 0.255 e. The Kier molecular flexibility index (Phi) is 5.48. The van der Waals surface area contributed by atoms with Crippen molar-refractivity contribution in [3.8, 4) is 11.5 Å². The van der Waals surface area contributed by atoms with Crippen molar-refractivity contribution in [3.63, 3.8) is 0 Å². The molecule has 0 radical (unpaired) electrons. The van der Waals surface area contributed by atoms with Gasteiger partial charge in [-0.3, -0.25) is 9.59 Å². The van der Waals surface area contributed by atoms with Crippen LogP contribution in [0.25, 0.3) is 0 Å². The van der Waals surface area contributed by atoms with Crippen molar-refractivity contribution >= 4 is 46.4 Å². The summed E-state index contributed by atoms with van der Waals surface area (Å²) in [5, 5.41) is 5.52. The zero-order valence-corrected chi connectivity index (χ0v) is 16.2. The van der Waals surface area contributed by atoms with Crippen LogP contribution in [0.5, 0.6) is 11.5 Å². The largest absolute Gasteiger partial charge is 0.494 e. The van der Waals surface area contributed by atoms with E-state index in [4.69, 9.17) is 32.7 Å². The van der Waals surface area contributed by atoms with E-state index in [2.05, 4.69) is 10.6 Å². The molecule has 0 bridgehead atoms. The molecule has 8 heteroatoms. The van der Waals surface area contributed by atoms with Gasteiger partial charge >= 0.3 is 0 Å². The van der Waals surface area contributed by atoms with E-state index in [0.29, 0.717) is 34.9 Å². The molecule has 1 unspecified atom stereocenters. The Morgan fingerprint density at radius 1 is 1.00 bits per heavy atom. The van der Waals surface area contributed by atoms with E-state index >= 15 is 0 Å². The van der Waals surface area contributed by atoms with E-state index in [1.165, 1.54) is 14.2 Å². The van der Waals surface area contributed by atoms with Crippen LogP contribution in [-0.2, 0) is 4.79 Å². The Balaban J connectivity index is 1.83. The quantitative estimate of drug-likeness (QED) is 0.705. The molecular formula is C19H18Cl2N2O4. The number of hydrogen-bond donors (Lipinski definition) is 2. The molecule has 2 aromatic carbocycles. The highest BCUT2D eigenvalue weighted by Crippen LogP contribution is 2.53. The summed E-state index contributed by atoms with van der Waals surface area (Å²) in [7, 11) is 2.93. The molecule has 0 spiro atoms. The molecule has 2 amide bonds. The summed E-state index contributed by atoms with van der Waals surface area (Å²) in [6, 6.07) is 11.9. The van der Waals surface area contributed by atoms with Crippen LogP contribution < -0.4 is 20.1 Å². The molecule has 1 saturated carbocycles. The van der Waals surface area contributed by atoms with Crippen molar-refractivity contribution in [3.05, 3.63) is 48.0 Å². The van der Waals surface area contributed by atoms with E-state index in [1.807, 2.05) is 6.07 Å². The molecule has 142 valence electrons. The summed E-state index contributed by atoms with van der Waals surface area (Å²) in [4.78, 5) is 24.7. The SMILES string of the molecule is COc1cc(NC(=O)C2CC2(Cl)Cl)c(OC)cc1NC(=O)c1ccccc1. The van der Waals surface area contributed by atoms with Gasteiger partial charge in [-0.2, -0.15) is 0 Å². The maximum absolute atomic E-state index is 12.4. The number of carbonyl (C=O) groups excluding carboxylic acids is 2. The third-order valence-electron chi connectivity index (χ3n) is 4.21. The van der Waals surface area contributed by atoms with Gasteiger partial charge < -0.3 is 20.1 Å². The average molecular weight is 409 g/mol. The van der Waals surface area contributed by atoms with E-state index in [9.17, 15) is 9.59 Å². The lowest BCUT2D eigenvalue weighted by atomic mass is 10.2. The van der Waals surface area contributed by atoms with Crippen molar-refractivity contribution in [2.45, 2.75) is 10.8 Å². The molecule has 2 N–H and O–H groups in total. The number of rotatable bonds is 6. The second-order valence-electron chi connectivity index (χ2n) is 6.08. The van der Waals surface area contributed by atoms with Gasteiger partial charge in [-0.15, -0.1) is 23.2 Å². The highest BCUT2D eigenvalue weighted by molar-refractivity contribution is 6.52. The number of carbonyl (C=O) groups is 2. The summed E-state index contributed by atoms with van der Waals surface area (Å²) in [6.45, 7) is 0. The fourth-order valence-corrected chi connectivity index (χ4v) is 3.10. The first-order chi connectivity index (χ1) is 12.9. The van der Waals surface area contributed by atoms with E-state index < -0.39 is 10.3 Å². The third kappa shape index (κ3) is 4.28. The minimum absolute atomic E-state index is 0.292. The molecule has 0 aromatic heterocycles. The first kappa shape index (κ1) is 19.3. The Hall–Kier alpha value is -2.44. The topological polar surface area (TPSA) is 76.7 Å². The van der Waals surface area contributed by atoms with Crippen LogP contribution in [0.1, 0.15) is 16.8 Å². The lowest BCUT2D eigenvalue weighted by Crippen LogP contribution is -2.18. The number of benzene rings is 2. The normalized spacial score (nSPS) is 17.0. The minimum Gasteiger partial charge on any atom is -0.494 e. The first-order valence-corrected chi connectivity index (χ1v) is 8.92. The highest BCUT2D eigenvalue weighted by atomic mass is 35.5. The predicted molar refractivity (Wildman–Crippen MR) is 105 cm³/mol. The maximum Gasteiger partial charge on any atom is 0.255 e. The number of alkyl halides is 2. The number of hydrogen-bond acceptors (Lipinski definition) is 4. The standard InChI is InChI=1S/C19H18Cl2N2O4/c1-26-15-9-14(23-18(25)12-10-19(12,20)21)16(27-2)8-13(15)22-17(24)11-6-4-3-5-7-11/h3-9,12H,10H2,1-2H3,(H,22,24)(H,23,25). The van der Waals surface area contributed by atoms with Crippen molar-refractivity contribution in [2.75, 3.05) is 24.9 Å². The van der Waals surface area contributed by atoms with E-state index in [1.54, 1.807) is 36.4 Å². The van der Waals surface area contributed by atoms with Gasteiger partial charge in [0.25, 0.3) is 5.91 Å². The van der Waals surface area contributed by atoms with Crippen molar-refractivity contribution < 1.29 is 19.1 Å². The fraction of sp³-hybridized carbons (Fsp3) is 0.263. The third-order valence-corrected chi connectivity index (χ3v) is 5.04. The molecule has 6 nitrogen and oxygen atoms in total. The lowest BCUT2D eigenvalue weighted by Gasteiger charge is -2.16. The summed E-state index contributed by atoms with van der Waals surface area (Å²) in [6.07, 6.45) is 0.395. The Morgan fingerprint density at radius 3 is 2.00 bits per heavy atom. The van der Waals surface area contributed by atoms with Gasteiger partial charge in [0.1, 0.15) is 15.8 Å². The molecule has 0 heterocycles. The molecule has 1 fully saturated rings. The van der Waals surface area contributed by atoms with Gasteiger partial charge in [0.15, 0.2) is 0 Å². The monoisotopic (exact) mass is 408 g/mol. The molecular weight excluding hydrogens is 391 g/mol. The molecule has 1 aliphatic carbocycles. The second kappa shape index (κ2) is 7.66. The zero-order valence-electron chi connectivity index (χ0n) is 14.7. The van der Waals surface area contributed by atoms with Crippen LogP contribution in [0, 0.1) is 5.92 Å². The second-order valence-corrected chi connectivity index (χ2v) is 7.62.